The summed E-state index contributed by atoms with van der Waals surface area (Å²) in [7, 11) is 1.92. The van der Waals surface area contributed by atoms with E-state index in [4.69, 9.17) is 0 Å². The second kappa shape index (κ2) is 6.29. The van der Waals surface area contributed by atoms with Crippen LogP contribution in [0, 0.1) is 13.8 Å². The number of aromatic amines is 1. The number of hydrogen-bond donors (Lipinski definition) is 2. The molecule has 2 aromatic rings. The number of carbonyl (C=O) groups is 1. The molecule has 1 saturated carbocycles. The van der Waals surface area contributed by atoms with Crippen molar-refractivity contribution in [2.75, 3.05) is 13.1 Å². The van der Waals surface area contributed by atoms with E-state index in [9.17, 15) is 4.79 Å². The van der Waals surface area contributed by atoms with Gasteiger partial charge in [-0.15, -0.1) is 0 Å². The molecular formula is C18H26N6O. The number of nitrogens with one attached hydrogen (secondary N) is 2. The predicted molar refractivity (Wildman–Crippen MR) is 95.3 cm³/mol. The van der Waals surface area contributed by atoms with E-state index in [0.717, 1.165) is 54.6 Å². The van der Waals surface area contributed by atoms with Crippen LogP contribution in [0.2, 0.25) is 0 Å². The summed E-state index contributed by atoms with van der Waals surface area (Å²) in [5.74, 6) is -0.0668. The monoisotopic (exact) mass is 342 g/mol. The van der Waals surface area contributed by atoms with Gasteiger partial charge in [0.1, 0.15) is 5.69 Å². The third-order valence-corrected chi connectivity index (χ3v) is 5.52. The fourth-order valence-corrected chi connectivity index (χ4v) is 3.82. The van der Waals surface area contributed by atoms with Gasteiger partial charge in [0.2, 0.25) is 0 Å². The number of aryl methyl sites for hydroxylation is 2. The molecule has 2 aromatic heterocycles. The molecule has 2 aliphatic rings. The Hall–Kier alpha value is -2.15. The molecule has 4 rings (SSSR count). The highest BCUT2D eigenvalue weighted by Crippen LogP contribution is 2.29. The smallest absolute Gasteiger partial charge is 0.269 e. The molecule has 1 aliphatic carbocycles. The molecule has 7 heteroatoms. The molecule has 7 nitrogen and oxygen atoms in total. The third-order valence-electron chi connectivity index (χ3n) is 5.52. The highest BCUT2D eigenvalue weighted by molar-refractivity contribution is 5.93. The SMILES string of the molecule is Cc1nn(C)c(C)c1-c1cc(C(=O)NC2CCN(C3CC3)CC2)[nH]n1. The van der Waals surface area contributed by atoms with Gasteiger partial charge < -0.3 is 10.2 Å². The van der Waals surface area contributed by atoms with E-state index in [1.165, 1.54) is 12.8 Å². The molecule has 1 saturated heterocycles. The summed E-state index contributed by atoms with van der Waals surface area (Å²) in [6.07, 6.45) is 4.76. The molecule has 0 aromatic carbocycles. The first kappa shape index (κ1) is 16.3. The van der Waals surface area contributed by atoms with Crippen molar-refractivity contribution in [3.8, 4) is 11.3 Å². The molecular weight excluding hydrogens is 316 g/mol. The highest BCUT2D eigenvalue weighted by Gasteiger charge is 2.32. The number of H-pyrrole nitrogens is 1. The van der Waals surface area contributed by atoms with Gasteiger partial charge in [0, 0.05) is 43.5 Å². The zero-order valence-corrected chi connectivity index (χ0v) is 15.2. The normalized spacial score (nSPS) is 19.3. The Morgan fingerprint density at radius 3 is 2.56 bits per heavy atom. The van der Waals surface area contributed by atoms with Gasteiger partial charge >= 0.3 is 0 Å². The van der Waals surface area contributed by atoms with Crippen molar-refractivity contribution in [1.29, 1.82) is 0 Å². The molecule has 0 spiro atoms. The van der Waals surface area contributed by atoms with Gasteiger partial charge in [-0.2, -0.15) is 10.2 Å². The number of rotatable bonds is 4. The largest absolute Gasteiger partial charge is 0.348 e. The number of carbonyl (C=O) groups excluding carboxylic acids is 1. The predicted octanol–water partition coefficient (Wildman–Crippen LogP) is 1.78. The van der Waals surface area contributed by atoms with Crippen molar-refractivity contribution in [1.82, 2.24) is 30.2 Å². The number of nitrogens with zero attached hydrogens (tertiary/aromatic N) is 4. The highest BCUT2D eigenvalue weighted by atomic mass is 16.2. The van der Waals surface area contributed by atoms with Gasteiger partial charge in [0.15, 0.2) is 0 Å². The summed E-state index contributed by atoms with van der Waals surface area (Å²) >= 11 is 0. The Balaban J connectivity index is 1.40. The summed E-state index contributed by atoms with van der Waals surface area (Å²) < 4.78 is 1.84. The minimum atomic E-state index is -0.0668. The van der Waals surface area contributed by atoms with Gasteiger partial charge in [-0.25, -0.2) is 0 Å². The lowest BCUT2D eigenvalue weighted by Crippen LogP contribution is -2.45. The Morgan fingerprint density at radius 2 is 1.96 bits per heavy atom. The fourth-order valence-electron chi connectivity index (χ4n) is 3.82. The lowest BCUT2D eigenvalue weighted by molar-refractivity contribution is 0.0904. The van der Waals surface area contributed by atoms with E-state index in [-0.39, 0.29) is 11.9 Å². The second-order valence-corrected chi connectivity index (χ2v) is 7.35. The van der Waals surface area contributed by atoms with Crippen molar-refractivity contribution in [3.63, 3.8) is 0 Å². The maximum atomic E-state index is 12.5. The van der Waals surface area contributed by atoms with Crippen molar-refractivity contribution >= 4 is 5.91 Å². The van der Waals surface area contributed by atoms with E-state index >= 15 is 0 Å². The molecule has 3 heterocycles. The molecule has 0 unspecified atom stereocenters. The number of likely N-dealkylation sites (tertiary alicyclic amines) is 1. The first-order chi connectivity index (χ1) is 12.0. The Morgan fingerprint density at radius 1 is 1.24 bits per heavy atom. The molecule has 1 aliphatic heterocycles. The van der Waals surface area contributed by atoms with Gasteiger partial charge in [0.05, 0.1) is 11.4 Å². The van der Waals surface area contributed by atoms with Crippen LogP contribution in [0.5, 0.6) is 0 Å². The third kappa shape index (κ3) is 3.20. The Kier molecular flexibility index (Phi) is 4.11. The van der Waals surface area contributed by atoms with E-state index in [0.29, 0.717) is 5.69 Å². The summed E-state index contributed by atoms with van der Waals surface area (Å²) in [6, 6.07) is 2.90. The number of amides is 1. The van der Waals surface area contributed by atoms with Crippen LogP contribution in [0.25, 0.3) is 11.3 Å². The summed E-state index contributed by atoms with van der Waals surface area (Å²) in [5, 5.41) is 14.8. The van der Waals surface area contributed by atoms with Crippen LogP contribution in [0.15, 0.2) is 6.07 Å². The fraction of sp³-hybridized carbons (Fsp3) is 0.611. The Bertz CT molecular complexity index is 780. The van der Waals surface area contributed by atoms with Crippen LogP contribution >= 0.6 is 0 Å². The van der Waals surface area contributed by atoms with Gasteiger partial charge in [-0.1, -0.05) is 0 Å². The lowest BCUT2D eigenvalue weighted by Gasteiger charge is -2.32. The van der Waals surface area contributed by atoms with Gasteiger partial charge in [0.25, 0.3) is 5.91 Å². The number of hydrogen-bond acceptors (Lipinski definition) is 4. The maximum absolute atomic E-state index is 12.5. The van der Waals surface area contributed by atoms with Crippen molar-refractivity contribution in [3.05, 3.63) is 23.1 Å². The second-order valence-electron chi connectivity index (χ2n) is 7.35. The molecule has 1 amide bonds. The van der Waals surface area contributed by atoms with E-state index in [2.05, 4.69) is 25.5 Å². The van der Waals surface area contributed by atoms with Crippen LogP contribution in [0.4, 0.5) is 0 Å². The molecule has 2 N–H and O–H groups in total. The molecule has 25 heavy (non-hydrogen) atoms. The average Bonchev–Trinajstić information content (AvgIpc) is 3.27. The van der Waals surface area contributed by atoms with Crippen molar-refractivity contribution in [2.24, 2.45) is 7.05 Å². The van der Waals surface area contributed by atoms with Crippen LogP contribution in [-0.4, -0.2) is 56.0 Å². The zero-order chi connectivity index (χ0) is 17.6. The van der Waals surface area contributed by atoms with Crippen molar-refractivity contribution < 1.29 is 4.79 Å². The number of aromatic nitrogens is 4. The number of piperidine rings is 1. The van der Waals surface area contributed by atoms with Crippen molar-refractivity contribution in [2.45, 2.75) is 51.6 Å². The first-order valence-electron chi connectivity index (χ1n) is 9.14. The van der Waals surface area contributed by atoms with Gasteiger partial charge in [-0.05, 0) is 45.6 Å². The molecule has 0 radical (unpaired) electrons. The topological polar surface area (TPSA) is 78.8 Å². The average molecular weight is 342 g/mol. The standard InChI is InChI=1S/C18H26N6O/c1-11-17(12(2)23(3)22-11)15-10-16(21-20-15)18(25)19-13-6-8-24(9-7-13)14-4-5-14/h10,13-14H,4-9H2,1-3H3,(H,19,25)(H,20,21). The summed E-state index contributed by atoms with van der Waals surface area (Å²) in [5.41, 5.74) is 4.25. The maximum Gasteiger partial charge on any atom is 0.269 e. The minimum Gasteiger partial charge on any atom is -0.348 e. The van der Waals surface area contributed by atoms with E-state index < -0.39 is 0 Å². The molecule has 0 atom stereocenters. The van der Waals surface area contributed by atoms with Crippen LogP contribution < -0.4 is 5.32 Å². The quantitative estimate of drug-likeness (QED) is 0.888. The Labute approximate surface area is 147 Å². The van der Waals surface area contributed by atoms with Gasteiger partial charge in [-0.3, -0.25) is 14.6 Å². The summed E-state index contributed by atoms with van der Waals surface area (Å²) in [4.78, 5) is 15.1. The van der Waals surface area contributed by atoms with Crippen LogP contribution in [-0.2, 0) is 7.05 Å². The summed E-state index contributed by atoms with van der Waals surface area (Å²) in [6.45, 7) is 6.16. The molecule has 2 fully saturated rings. The zero-order valence-electron chi connectivity index (χ0n) is 15.2. The first-order valence-corrected chi connectivity index (χ1v) is 9.14. The van der Waals surface area contributed by atoms with Crippen LogP contribution in [0.1, 0.15) is 47.6 Å². The van der Waals surface area contributed by atoms with Crippen LogP contribution in [0.3, 0.4) is 0 Å². The molecule has 134 valence electrons. The lowest BCUT2D eigenvalue weighted by atomic mass is 10.0. The van der Waals surface area contributed by atoms with E-state index in [1.54, 1.807) is 0 Å². The van der Waals surface area contributed by atoms with E-state index in [1.807, 2.05) is 31.6 Å². The molecule has 0 bridgehead atoms. The minimum absolute atomic E-state index is 0.0668.